The number of benzene rings is 1. The lowest BCUT2D eigenvalue weighted by atomic mass is 10.2. The van der Waals surface area contributed by atoms with Crippen molar-refractivity contribution in [1.29, 1.82) is 0 Å². The van der Waals surface area contributed by atoms with Gasteiger partial charge in [0.05, 0.1) is 15.3 Å². The summed E-state index contributed by atoms with van der Waals surface area (Å²) in [5, 5.41) is 10.7. The molecule has 1 heterocycles. The Bertz CT molecular complexity index is 492. The number of hydrogen-bond acceptors (Lipinski definition) is 3. The fourth-order valence-electron chi connectivity index (χ4n) is 1.80. The Balaban J connectivity index is 2.51. The third-order valence-electron chi connectivity index (χ3n) is 2.51. The molecule has 1 aromatic carbocycles. The van der Waals surface area contributed by atoms with Gasteiger partial charge in [0, 0.05) is 19.0 Å². The molecule has 1 aliphatic rings. The zero-order chi connectivity index (χ0) is 12.6. The quantitative estimate of drug-likeness (QED) is 0.473. The molecule has 0 spiro atoms. The van der Waals surface area contributed by atoms with E-state index in [0.717, 1.165) is 0 Å². The zero-order valence-corrected chi connectivity index (χ0v) is 10.1. The Labute approximate surface area is 107 Å². The summed E-state index contributed by atoms with van der Waals surface area (Å²) in [4.78, 5) is 23.3. The van der Waals surface area contributed by atoms with Crippen molar-refractivity contribution in [1.82, 2.24) is 0 Å². The van der Waals surface area contributed by atoms with Gasteiger partial charge in [0.15, 0.2) is 0 Å². The van der Waals surface area contributed by atoms with E-state index in [2.05, 4.69) is 0 Å². The first kappa shape index (κ1) is 12.1. The first-order valence-electron chi connectivity index (χ1n) is 4.88. The SMILES string of the molecule is O=C1CC(Cl)CN1c1c(Cl)cccc1[N+](=O)[O-]. The molecule has 0 saturated carbocycles. The summed E-state index contributed by atoms with van der Waals surface area (Å²) >= 11 is 11.8. The maximum Gasteiger partial charge on any atom is 0.294 e. The molecule has 17 heavy (non-hydrogen) atoms. The Kier molecular flexibility index (Phi) is 3.22. The molecule has 5 nitrogen and oxygen atoms in total. The lowest BCUT2D eigenvalue weighted by molar-refractivity contribution is -0.384. The smallest absolute Gasteiger partial charge is 0.294 e. The fourth-order valence-corrected chi connectivity index (χ4v) is 2.34. The van der Waals surface area contributed by atoms with Gasteiger partial charge in [0.25, 0.3) is 5.69 Å². The number of carbonyl (C=O) groups excluding carboxylic acids is 1. The number of hydrogen-bond donors (Lipinski definition) is 0. The van der Waals surface area contributed by atoms with Crippen LogP contribution in [0.15, 0.2) is 18.2 Å². The van der Waals surface area contributed by atoms with Gasteiger partial charge < -0.3 is 4.90 Å². The van der Waals surface area contributed by atoms with Gasteiger partial charge in [0.1, 0.15) is 5.69 Å². The number of anilines is 1. The van der Waals surface area contributed by atoms with Crippen LogP contribution < -0.4 is 4.90 Å². The Morgan fingerprint density at radius 2 is 2.18 bits per heavy atom. The highest BCUT2D eigenvalue weighted by Crippen LogP contribution is 2.38. The van der Waals surface area contributed by atoms with Crippen molar-refractivity contribution in [2.75, 3.05) is 11.4 Å². The maximum atomic E-state index is 11.7. The highest BCUT2D eigenvalue weighted by atomic mass is 35.5. The van der Waals surface area contributed by atoms with Crippen LogP contribution in [0.2, 0.25) is 5.02 Å². The van der Waals surface area contributed by atoms with Gasteiger partial charge in [-0.3, -0.25) is 14.9 Å². The van der Waals surface area contributed by atoms with E-state index in [0.29, 0.717) is 0 Å². The van der Waals surface area contributed by atoms with Crippen LogP contribution in [-0.4, -0.2) is 22.8 Å². The second kappa shape index (κ2) is 4.50. The molecule has 0 N–H and O–H groups in total. The summed E-state index contributed by atoms with van der Waals surface area (Å²) in [7, 11) is 0. The molecular weight excluding hydrogens is 267 g/mol. The van der Waals surface area contributed by atoms with Gasteiger partial charge in [-0.05, 0) is 6.07 Å². The molecule has 90 valence electrons. The van der Waals surface area contributed by atoms with Crippen molar-refractivity contribution in [3.05, 3.63) is 33.3 Å². The van der Waals surface area contributed by atoms with Crippen LogP contribution in [0.4, 0.5) is 11.4 Å². The number of amides is 1. The first-order chi connectivity index (χ1) is 8.00. The summed E-state index contributed by atoms with van der Waals surface area (Å²) in [6.07, 6.45) is 0.171. The van der Waals surface area contributed by atoms with E-state index < -0.39 is 4.92 Å². The summed E-state index contributed by atoms with van der Waals surface area (Å²) < 4.78 is 0. The van der Waals surface area contributed by atoms with Gasteiger partial charge in [-0.1, -0.05) is 17.7 Å². The topological polar surface area (TPSA) is 63.5 Å². The van der Waals surface area contributed by atoms with Crippen molar-refractivity contribution in [2.45, 2.75) is 11.8 Å². The third kappa shape index (κ3) is 2.21. The molecule has 7 heteroatoms. The highest BCUT2D eigenvalue weighted by molar-refractivity contribution is 6.35. The summed E-state index contributed by atoms with van der Waals surface area (Å²) in [5.74, 6) is -0.249. The van der Waals surface area contributed by atoms with E-state index in [-0.39, 0.29) is 40.6 Å². The molecule has 0 aromatic heterocycles. The molecule has 0 aliphatic carbocycles. The van der Waals surface area contributed by atoms with Crippen LogP contribution in [-0.2, 0) is 4.79 Å². The minimum Gasteiger partial charge on any atom is -0.304 e. The Morgan fingerprint density at radius 1 is 1.47 bits per heavy atom. The van der Waals surface area contributed by atoms with Crippen LogP contribution >= 0.6 is 23.2 Å². The number of nitro benzene ring substituents is 1. The number of nitro groups is 1. The van der Waals surface area contributed by atoms with Crippen molar-refractivity contribution < 1.29 is 9.72 Å². The number of alkyl halides is 1. The lowest BCUT2D eigenvalue weighted by Gasteiger charge is -2.17. The number of halogens is 2. The van der Waals surface area contributed by atoms with Crippen LogP contribution in [0.3, 0.4) is 0 Å². The molecule has 0 radical (unpaired) electrons. The normalized spacial score (nSPS) is 19.8. The number of para-hydroxylation sites is 1. The summed E-state index contributed by atoms with van der Waals surface area (Å²) in [6, 6.07) is 4.30. The molecule has 1 aromatic rings. The van der Waals surface area contributed by atoms with Crippen LogP contribution in [0.25, 0.3) is 0 Å². The minimum atomic E-state index is -0.559. The van der Waals surface area contributed by atoms with Gasteiger partial charge in [0.2, 0.25) is 5.91 Å². The Hall–Kier alpha value is -1.33. The van der Waals surface area contributed by atoms with Crippen molar-refractivity contribution >= 4 is 40.5 Å². The molecule has 1 amide bonds. The molecule has 2 rings (SSSR count). The van der Waals surface area contributed by atoms with E-state index >= 15 is 0 Å². The average Bonchev–Trinajstić information content (AvgIpc) is 2.57. The zero-order valence-electron chi connectivity index (χ0n) is 8.60. The minimum absolute atomic E-state index is 0.132. The first-order valence-corrected chi connectivity index (χ1v) is 5.69. The lowest BCUT2D eigenvalue weighted by Crippen LogP contribution is -2.25. The molecule has 1 saturated heterocycles. The molecule has 0 bridgehead atoms. The number of carbonyl (C=O) groups is 1. The standard InChI is InChI=1S/C10H8Cl2N2O3/c11-6-4-9(15)13(5-6)10-7(12)2-1-3-8(10)14(16)17/h1-3,6H,4-5H2. The number of nitrogens with zero attached hydrogens (tertiary/aromatic N) is 2. The second-order valence-corrected chi connectivity index (χ2v) is 4.69. The fraction of sp³-hybridized carbons (Fsp3) is 0.300. The largest absolute Gasteiger partial charge is 0.304 e. The maximum absolute atomic E-state index is 11.7. The Morgan fingerprint density at radius 3 is 2.71 bits per heavy atom. The molecule has 1 atom stereocenters. The van der Waals surface area contributed by atoms with Gasteiger partial charge in [-0.25, -0.2) is 0 Å². The molecule has 1 aliphatic heterocycles. The van der Waals surface area contributed by atoms with Crippen LogP contribution in [0.5, 0.6) is 0 Å². The third-order valence-corrected chi connectivity index (χ3v) is 3.11. The summed E-state index contributed by atoms with van der Waals surface area (Å²) in [6.45, 7) is 0.241. The van der Waals surface area contributed by atoms with Crippen molar-refractivity contribution in [3.8, 4) is 0 Å². The van der Waals surface area contributed by atoms with E-state index in [1.54, 1.807) is 0 Å². The predicted octanol–water partition coefficient (Wildman–Crippen LogP) is 2.59. The van der Waals surface area contributed by atoms with Gasteiger partial charge in [-0.2, -0.15) is 0 Å². The molecule has 1 unspecified atom stereocenters. The van der Waals surface area contributed by atoms with E-state index in [1.807, 2.05) is 0 Å². The van der Waals surface area contributed by atoms with Gasteiger partial charge >= 0.3 is 0 Å². The van der Waals surface area contributed by atoms with Gasteiger partial charge in [-0.15, -0.1) is 11.6 Å². The van der Waals surface area contributed by atoms with E-state index in [4.69, 9.17) is 23.2 Å². The summed E-state index contributed by atoms with van der Waals surface area (Å²) in [5.41, 5.74) is -0.0519. The van der Waals surface area contributed by atoms with E-state index in [1.165, 1.54) is 23.1 Å². The monoisotopic (exact) mass is 274 g/mol. The van der Waals surface area contributed by atoms with Crippen molar-refractivity contribution in [2.24, 2.45) is 0 Å². The molecular formula is C10H8Cl2N2O3. The predicted molar refractivity (Wildman–Crippen MR) is 64.7 cm³/mol. The van der Waals surface area contributed by atoms with Crippen LogP contribution in [0.1, 0.15) is 6.42 Å². The number of rotatable bonds is 2. The average molecular weight is 275 g/mol. The molecule has 1 fully saturated rings. The van der Waals surface area contributed by atoms with Crippen LogP contribution in [0, 0.1) is 10.1 Å². The second-order valence-electron chi connectivity index (χ2n) is 3.67. The van der Waals surface area contributed by atoms with E-state index in [9.17, 15) is 14.9 Å². The highest BCUT2D eigenvalue weighted by Gasteiger charge is 2.34. The van der Waals surface area contributed by atoms with Crippen molar-refractivity contribution in [3.63, 3.8) is 0 Å².